The quantitative estimate of drug-likeness (QED) is 0.664. The van der Waals surface area contributed by atoms with Gasteiger partial charge in [-0.1, -0.05) is 32.0 Å². The second-order valence-corrected chi connectivity index (χ2v) is 7.54. The molecule has 0 bridgehead atoms. The average molecular weight is 401 g/mol. The Labute approximate surface area is 168 Å². The summed E-state index contributed by atoms with van der Waals surface area (Å²) in [5, 5.41) is 22.3. The Hall–Kier alpha value is -2.64. The van der Waals surface area contributed by atoms with E-state index in [1.165, 1.54) is 28.4 Å². The Morgan fingerprint density at radius 1 is 1.18 bits per heavy atom. The number of thiophene rings is 1. The molecule has 7 heteroatoms. The molecule has 1 amide bonds. The fourth-order valence-electron chi connectivity index (χ4n) is 3.49. The minimum absolute atomic E-state index is 0.0444. The predicted octanol–water partition coefficient (Wildman–Crippen LogP) is 3.37. The monoisotopic (exact) mass is 400 g/mol. The first-order chi connectivity index (χ1) is 13.5. The van der Waals surface area contributed by atoms with Crippen LogP contribution in [0.15, 0.2) is 53.1 Å². The zero-order valence-electron chi connectivity index (χ0n) is 16.0. The summed E-state index contributed by atoms with van der Waals surface area (Å²) in [5.74, 6) is -1.38. The van der Waals surface area contributed by atoms with Crippen LogP contribution in [0.25, 0.3) is 0 Å². The molecule has 3 rings (SSSR count). The van der Waals surface area contributed by atoms with Crippen LogP contribution in [0.2, 0.25) is 0 Å². The minimum atomic E-state index is -0.732. The smallest absolute Gasteiger partial charge is 0.290 e. The van der Waals surface area contributed by atoms with E-state index in [1.807, 2.05) is 13.8 Å². The second-order valence-electron chi connectivity index (χ2n) is 6.59. The van der Waals surface area contributed by atoms with Crippen LogP contribution in [0, 0.1) is 0 Å². The van der Waals surface area contributed by atoms with Crippen LogP contribution in [0.5, 0.6) is 5.75 Å². The molecule has 1 aromatic carbocycles. The number of aromatic hydroxyl groups is 1. The van der Waals surface area contributed by atoms with Gasteiger partial charge in [-0.05, 0) is 42.2 Å². The van der Waals surface area contributed by atoms with Gasteiger partial charge in [0.25, 0.3) is 5.91 Å². The number of ketones is 1. The number of phenols is 1. The molecule has 28 heavy (non-hydrogen) atoms. The van der Waals surface area contributed by atoms with E-state index in [1.54, 1.807) is 29.6 Å². The molecule has 1 atom stereocenters. The summed E-state index contributed by atoms with van der Waals surface area (Å²) in [7, 11) is 0. The number of aliphatic hydroxyl groups excluding tert-OH is 1. The Morgan fingerprint density at radius 2 is 1.93 bits per heavy atom. The molecule has 1 aliphatic heterocycles. The van der Waals surface area contributed by atoms with Gasteiger partial charge in [0.2, 0.25) is 5.78 Å². The minimum Gasteiger partial charge on any atom is -0.508 e. The highest BCUT2D eigenvalue weighted by atomic mass is 32.1. The molecule has 2 aromatic rings. The number of rotatable bonds is 8. The van der Waals surface area contributed by atoms with Gasteiger partial charge in [-0.3, -0.25) is 9.59 Å². The normalized spacial score (nSPS) is 17.0. The van der Waals surface area contributed by atoms with Crippen molar-refractivity contribution in [3.05, 3.63) is 63.6 Å². The molecule has 2 heterocycles. The number of aliphatic hydroxyl groups is 1. The molecular formula is C21H24N2O4S. The van der Waals surface area contributed by atoms with Gasteiger partial charge in [0, 0.05) is 13.1 Å². The van der Waals surface area contributed by atoms with Crippen molar-refractivity contribution in [2.24, 2.45) is 0 Å². The van der Waals surface area contributed by atoms with Crippen LogP contribution < -0.4 is 0 Å². The van der Waals surface area contributed by atoms with Gasteiger partial charge < -0.3 is 20.0 Å². The maximum atomic E-state index is 13.1. The highest BCUT2D eigenvalue weighted by molar-refractivity contribution is 7.12. The highest BCUT2D eigenvalue weighted by Gasteiger charge is 2.43. The lowest BCUT2D eigenvalue weighted by molar-refractivity contribution is -0.129. The number of benzene rings is 1. The molecule has 0 aliphatic carbocycles. The molecule has 0 spiro atoms. The standard InChI is InChI=1S/C21H24N2O4S/c1-3-22(4-2)10-11-23-18(14-7-5-8-15(24)13-14)17(20(26)21(23)27)19(25)16-9-6-12-28-16/h5-9,12-13,18,24,26H,3-4,10-11H2,1-2H3. The van der Waals surface area contributed by atoms with Crippen LogP contribution in [0.3, 0.4) is 0 Å². The molecule has 0 fully saturated rings. The van der Waals surface area contributed by atoms with Crippen LogP contribution in [-0.2, 0) is 4.79 Å². The Bertz CT molecular complexity index is 888. The van der Waals surface area contributed by atoms with E-state index in [-0.39, 0.29) is 17.1 Å². The average Bonchev–Trinajstić information content (AvgIpc) is 3.31. The molecule has 0 radical (unpaired) electrons. The largest absolute Gasteiger partial charge is 0.508 e. The van der Waals surface area contributed by atoms with Crippen molar-refractivity contribution in [3.8, 4) is 5.75 Å². The van der Waals surface area contributed by atoms with E-state index in [0.29, 0.717) is 23.5 Å². The van der Waals surface area contributed by atoms with Crippen molar-refractivity contribution in [1.82, 2.24) is 9.80 Å². The van der Waals surface area contributed by atoms with Crippen molar-refractivity contribution in [3.63, 3.8) is 0 Å². The van der Waals surface area contributed by atoms with E-state index in [9.17, 15) is 19.8 Å². The highest BCUT2D eigenvalue weighted by Crippen LogP contribution is 2.40. The van der Waals surface area contributed by atoms with Gasteiger partial charge >= 0.3 is 0 Å². The number of likely N-dealkylation sites (N-methyl/N-ethyl adjacent to an activating group) is 1. The maximum Gasteiger partial charge on any atom is 0.290 e. The summed E-state index contributed by atoms with van der Waals surface area (Å²) in [5.41, 5.74) is 0.662. The number of carbonyl (C=O) groups excluding carboxylic acids is 2. The number of Topliss-reactive ketones (excluding diaryl/α,β-unsaturated/α-hetero) is 1. The molecule has 0 saturated carbocycles. The third-order valence-electron chi connectivity index (χ3n) is 5.03. The topological polar surface area (TPSA) is 81.1 Å². The van der Waals surface area contributed by atoms with Crippen molar-refractivity contribution in [1.29, 1.82) is 0 Å². The zero-order chi connectivity index (χ0) is 20.3. The van der Waals surface area contributed by atoms with Gasteiger partial charge in [0.1, 0.15) is 5.75 Å². The summed E-state index contributed by atoms with van der Waals surface area (Å²) < 4.78 is 0. The first-order valence-corrected chi connectivity index (χ1v) is 10.2. The van der Waals surface area contributed by atoms with Gasteiger partial charge in [-0.15, -0.1) is 11.3 Å². The number of carbonyl (C=O) groups is 2. The van der Waals surface area contributed by atoms with Crippen LogP contribution in [-0.4, -0.2) is 57.9 Å². The van der Waals surface area contributed by atoms with Crippen LogP contribution in [0.4, 0.5) is 0 Å². The lowest BCUT2D eigenvalue weighted by Crippen LogP contribution is -2.38. The summed E-state index contributed by atoms with van der Waals surface area (Å²) in [6.07, 6.45) is 0. The molecule has 1 aliphatic rings. The third kappa shape index (κ3) is 3.81. The van der Waals surface area contributed by atoms with Gasteiger partial charge in [0.15, 0.2) is 5.76 Å². The van der Waals surface area contributed by atoms with E-state index in [0.717, 1.165) is 13.1 Å². The number of nitrogens with zero attached hydrogens (tertiary/aromatic N) is 2. The number of phenolic OH excluding ortho intramolecular Hbond substituents is 1. The number of hydrogen-bond donors (Lipinski definition) is 2. The third-order valence-corrected chi connectivity index (χ3v) is 5.90. The van der Waals surface area contributed by atoms with Crippen LogP contribution >= 0.6 is 11.3 Å². The van der Waals surface area contributed by atoms with Gasteiger partial charge in [-0.2, -0.15) is 0 Å². The predicted molar refractivity (Wildman–Crippen MR) is 109 cm³/mol. The van der Waals surface area contributed by atoms with Gasteiger partial charge in [0.05, 0.1) is 16.5 Å². The van der Waals surface area contributed by atoms with Crippen molar-refractivity contribution in [2.75, 3.05) is 26.2 Å². The van der Waals surface area contributed by atoms with Crippen molar-refractivity contribution < 1.29 is 19.8 Å². The summed E-state index contributed by atoms with van der Waals surface area (Å²) in [6, 6.07) is 9.18. The lowest BCUT2D eigenvalue weighted by atomic mass is 9.95. The molecule has 1 aromatic heterocycles. The van der Waals surface area contributed by atoms with E-state index >= 15 is 0 Å². The lowest BCUT2D eigenvalue weighted by Gasteiger charge is -2.29. The molecule has 2 N–H and O–H groups in total. The second kappa shape index (κ2) is 8.58. The molecular weight excluding hydrogens is 376 g/mol. The van der Waals surface area contributed by atoms with Crippen LogP contribution in [0.1, 0.15) is 35.1 Å². The molecule has 1 unspecified atom stereocenters. The van der Waals surface area contributed by atoms with E-state index < -0.39 is 17.7 Å². The SMILES string of the molecule is CCN(CC)CCN1C(=O)C(O)=C(C(=O)c2cccs2)C1c1cccc(O)c1. The zero-order valence-corrected chi connectivity index (χ0v) is 16.8. The van der Waals surface area contributed by atoms with Crippen molar-refractivity contribution in [2.45, 2.75) is 19.9 Å². The summed E-state index contributed by atoms with van der Waals surface area (Å²) in [6.45, 7) is 6.77. The fraction of sp³-hybridized carbons (Fsp3) is 0.333. The van der Waals surface area contributed by atoms with Gasteiger partial charge in [-0.25, -0.2) is 0 Å². The summed E-state index contributed by atoms with van der Waals surface area (Å²) in [4.78, 5) is 30.1. The van der Waals surface area contributed by atoms with Crippen molar-refractivity contribution >= 4 is 23.0 Å². The first-order valence-electron chi connectivity index (χ1n) is 9.31. The molecule has 0 saturated heterocycles. The Morgan fingerprint density at radius 3 is 2.54 bits per heavy atom. The number of hydrogen-bond acceptors (Lipinski definition) is 6. The maximum absolute atomic E-state index is 13.1. The van der Waals surface area contributed by atoms with E-state index in [4.69, 9.17) is 0 Å². The fourth-order valence-corrected chi connectivity index (χ4v) is 4.17. The molecule has 6 nitrogen and oxygen atoms in total. The Kier molecular flexibility index (Phi) is 6.16. The Balaban J connectivity index is 2.01. The molecule has 148 valence electrons. The summed E-state index contributed by atoms with van der Waals surface area (Å²) >= 11 is 1.27. The first kappa shape index (κ1) is 20.1. The van der Waals surface area contributed by atoms with E-state index in [2.05, 4.69) is 4.90 Å². The number of amides is 1.